The van der Waals surface area contributed by atoms with E-state index in [1.54, 1.807) is 0 Å². The molecule has 0 atom stereocenters. The van der Waals surface area contributed by atoms with Gasteiger partial charge in [0.1, 0.15) is 0 Å². The summed E-state index contributed by atoms with van der Waals surface area (Å²) >= 11 is 0. The van der Waals surface area contributed by atoms with Gasteiger partial charge in [-0.2, -0.15) is 5.10 Å². The zero-order valence-electron chi connectivity index (χ0n) is 7.74. The summed E-state index contributed by atoms with van der Waals surface area (Å²) in [6.07, 6.45) is 0. The van der Waals surface area contributed by atoms with Crippen molar-refractivity contribution in [3.05, 3.63) is 17.8 Å². The molecule has 0 saturated carbocycles. The first kappa shape index (κ1) is 8.97. The zero-order valence-corrected chi connectivity index (χ0v) is 7.74. The molecule has 1 aromatic rings. The molecule has 0 fully saturated rings. The Kier molecular flexibility index (Phi) is 3.02. The van der Waals surface area contributed by atoms with Gasteiger partial charge in [-0.05, 0) is 18.9 Å². The number of nitrogens with zero attached hydrogens (tertiary/aromatic N) is 2. The van der Waals surface area contributed by atoms with Gasteiger partial charge in [-0.1, -0.05) is 13.8 Å². The van der Waals surface area contributed by atoms with Crippen molar-refractivity contribution in [1.82, 2.24) is 10.2 Å². The van der Waals surface area contributed by atoms with Crippen molar-refractivity contribution in [2.24, 2.45) is 0 Å². The van der Waals surface area contributed by atoms with Gasteiger partial charge < -0.3 is 4.74 Å². The molecule has 0 radical (unpaired) electrons. The third-order valence-corrected chi connectivity index (χ3v) is 1.54. The highest BCUT2D eigenvalue weighted by atomic mass is 16.5. The molecule has 0 saturated heterocycles. The Bertz CT molecular complexity index is 231. The highest BCUT2D eigenvalue weighted by Gasteiger charge is 2.01. The first-order chi connectivity index (χ1) is 5.74. The Morgan fingerprint density at radius 1 is 1.33 bits per heavy atom. The van der Waals surface area contributed by atoms with Gasteiger partial charge in [0, 0.05) is 6.07 Å². The van der Waals surface area contributed by atoms with Crippen molar-refractivity contribution >= 4 is 0 Å². The lowest BCUT2D eigenvalue weighted by Crippen LogP contribution is -1.99. The third-order valence-electron chi connectivity index (χ3n) is 1.54. The summed E-state index contributed by atoms with van der Waals surface area (Å²) in [4.78, 5) is 0. The van der Waals surface area contributed by atoms with Crippen molar-refractivity contribution in [2.45, 2.75) is 26.7 Å². The van der Waals surface area contributed by atoms with Crippen LogP contribution in [0.4, 0.5) is 0 Å². The molecule has 0 spiro atoms. The Morgan fingerprint density at radius 3 is 2.50 bits per heavy atom. The van der Waals surface area contributed by atoms with Crippen molar-refractivity contribution in [1.29, 1.82) is 0 Å². The molecule has 0 amide bonds. The smallest absolute Gasteiger partial charge is 0.233 e. The summed E-state index contributed by atoms with van der Waals surface area (Å²) in [6.45, 7) is 6.74. The van der Waals surface area contributed by atoms with Gasteiger partial charge in [0.2, 0.25) is 5.88 Å². The van der Waals surface area contributed by atoms with Gasteiger partial charge in [0.15, 0.2) is 0 Å². The van der Waals surface area contributed by atoms with Crippen LogP contribution in [0.1, 0.15) is 32.4 Å². The Hall–Kier alpha value is -1.12. The summed E-state index contributed by atoms with van der Waals surface area (Å²) in [5, 5.41) is 7.94. The lowest BCUT2D eigenvalue weighted by Gasteiger charge is -2.04. The van der Waals surface area contributed by atoms with Crippen LogP contribution in [0.2, 0.25) is 0 Å². The van der Waals surface area contributed by atoms with Crippen LogP contribution in [0.25, 0.3) is 0 Å². The fraction of sp³-hybridized carbons (Fsp3) is 0.556. The average molecular weight is 166 g/mol. The minimum Gasteiger partial charge on any atom is -0.477 e. The summed E-state index contributed by atoms with van der Waals surface area (Å²) in [5.41, 5.74) is 0.999. The monoisotopic (exact) mass is 166 g/mol. The van der Waals surface area contributed by atoms with Crippen molar-refractivity contribution in [2.75, 3.05) is 6.61 Å². The molecule has 0 aliphatic rings. The quantitative estimate of drug-likeness (QED) is 0.688. The van der Waals surface area contributed by atoms with Crippen LogP contribution in [0.3, 0.4) is 0 Å². The van der Waals surface area contributed by atoms with Crippen LogP contribution in [-0.4, -0.2) is 16.8 Å². The highest BCUT2D eigenvalue weighted by molar-refractivity contribution is 5.13. The Morgan fingerprint density at radius 2 is 2.08 bits per heavy atom. The molecule has 0 aliphatic heterocycles. The molecule has 1 aromatic heterocycles. The van der Waals surface area contributed by atoms with Crippen LogP contribution in [0.5, 0.6) is 5.88 Å². The second kappa shape index (κ2) is 4.04. The van der Waals surface area contributed by atoms with E-state index in [1.165, 1.54) is 0 Å². The SMILES string of the molecule is CCOc1ccc(C(C)C)nn1. The molecule has 0 aromatic carbocycles. The van der Waals surface area contributed by atoms with Crippen LogP contribution in [0.15, 0.2) is 12.1 Å². The normalized spacial score (nSPS) is 10.3. The van der Waals surface area contributed by atoms with Crippen LogP contribution < -0.4 is 4.74 Å². The topological polar surface area (TPSA) is 35.0 Å². The van der Waals surface area contributed by atoms with Gasteiger partial charge in [-0.25, -0.2) is 0 Å². The minimum atomic E-state index is 0.424. The second-order valence-electron chi connectivity index (χ2n) is 2.88. The summed E-state index contributed by atoms with van der Waals surface area (Å²) in [5.74, 6) is 1.02. The maximum Gasteiger partial charge on any atom is 0.233 e. The summed E-state index contributed by atoms with van der Waals surface area (Å²) in [6, 6.07) is 3.80. The molecule has 1 rings (SSSR count). The molecule has 0 aliphatic carbocycles. The molecule has 0 N–H and O–H groups in total. The van der Waals surface area contributed by atoms with Gasteiger partial charge in [-0.3, -0.25) is 0 Å². The van der Waals surface area contributed by atoms with Gasteiger partial charge in [0.05, 0.1) is 12.3 Å². The number of hydrogen-bond donors (Lipinski definition) is 0. The number of rotatable bonds is 3. The maximum atomic E-state index is 5.17. The van der Waals surface area contributed by atoms with Crippen LogP contribution in [0, 0.1) is 0 Å². The van der Waals surface area contributed by atoms with Gasteiger partial charge in [0.25, 0.3) is 0 Å². The highest BCUT2D eigenvalue weighted by Crippen LogP contribution is 2.12. The lowest BCUT2D eigenvalue weighted by molar-refractivity contribution is 0.322. The average Bonchev–Trinajstić information content (AvgIpc) is 2.06. The predicted octanol–water partition coefficient (Wildman–Crippen LogP) is 2.00. The van der Waals surface area contributed by atoms with Gasteiger partial charge >= 0.3 is 0 Å². The molecule has 1 heterocycles. The van der Waals surface area contributed by atoms with E-state index in [9.17, 15) is 0 Å². The Balaban J connectivity index is 2.71. The van der Waals surface area contributed by atoms with Crippen molar-refractivity contribution in [3.8, 4) is 5.88 Å². The summed E-state index contributed by atoms with van der Waals surface area (Å²) in [7, 11) is 0. The van der Waals surface area contributed by atoms with Crippen LogP contribution >= 0.6 is 0 Å². The molecule has 3 nitrogen and oxygen atoms in total. The van der Waals surface area contributed by atoms with Crippen molar-refractivity contribution < 1.29 is 4.74 Å². The molecule has 0 bridgehead atoms. The molecule has 0 unspecified atom stereocenters. The predicted molar refractivity (Wildman–Crippen MR) is 47.3 cm³/mol. The van der Waals surface area contributed by atoms with E-state index in [0.29, 0.717) is 18.4 Å². The number of ether oxygens (including phenoxy) is 1. The van der Waals surface area contributed by atoms with E-state index in [0.717, 1.165) is 5.69 Å². The van der Waals surface area contributed by atoms with E-state index < -0.39 is 0 Å². The first-order valence-corrected chi connectivity index (χ1v) is 4.20. The lowest BCUT2D eigenvalue weighted by atomic mass is 10.1. The minimum absolute atomic E-state index is 0.424. The third kappa shape index (κ3) is 2.19. The molecule has 12 heavy (non-hydrogen) atoms. The van der Waals surface area contributed by atoms with E-state index in [2.05, 4.69) is 24.0 Å². The van der Waals surface area contributed by atoms with E-state index in [1.807, 2.05) is 19.1 Å². The van der Waals surface area contributed by atoms with Gasteiger partial charge in [-0.15, -0.1) is 5.10 Å². The standard InChI is InChI=1S/C9H14N2O/c1-4-12-9-6-5-8(7(2)3)10-11-9/h5-7H,4H2,1-3H3. The zero-order chi connectivity index (χ0) is 8.97. The molecule has 66 valence electrons. The molecular weight excluding hydrogens is 152 g/mol. The maximum absolute atomic E-state index is 5.17. The van der Waals surface area contributed by atoms with Crippen molar-refractivity contribution in [3.63, 3.8) is 0 Å². The van der Waals surface area contributed by atoms with E-state index >= 15 is 0 Å². The number of hydrogen-bond acceptors (Lipinski definition) is 3. The van der Waals surface area contributed by atoms with E-state index in [-0.39, 0.29) is 0 Å². The second-order valence-corrected chi connectivity index (χ2v) is 2.88. The fourth-order valence-corrected chi connectivity index (χ4v) is 0.863. The summed E-state index contributed by atoms with van der Waals surface area (Å²) < 4.78 is 5.17. The fourth-order valence-electron chi connectivity index (χ4n) is 0.863. The largest absolute Gasteiger partial charge is 0.477 e. The Labute approximate surface area is 72.8 Å². The molecule has 3 heteroatoms. The van der Waals surface area contributed by atoms with E-state index in [4.69, 9.17) is 4.74 Å². The number of aromatic nitrogens is 2. The molecular formula is C9H14N2O. The van der Waals surface area contributed by atoms with Crippen LogP contribution in [-0.2, 0) is 0 Å². The first-order valence-electron chi connectivity index (χ1n) is 4.20.